The van der Waals surface area contributed by atoms with Gasteiger partial charge in [0.2, 0.25) is 11.9 Å². The average Bonchev–Trinajstić information content (AvgIpc) is 3.02. The van der Waals surface area contributed by atoms with Crippen molar-refractivity contribution in [3.8, 4) is 0 Å². The molecule has 2 heterocycles. The summed E-state index contributed by atoms with van der Waals surface area (Å²) in [6.45, 7) is 1.34. The van der Waals surface area contributed by atoms with E-state index in [4.69, 9.17) is 10.5 Å². The number of nitrogens with zero attached hydrogens (tertiary/aromatic N) is 4. The Labute approximate surface area is 183 Å². The smallest absolute Gasteiger partial charge is 0.328 e. The van der Waals surface area contributed by atoms with Crippen LogP contribution >= 0.6 is 0 Å². The van der Waals surface area contributed by atoms with Crippen LogP contribution < -0.4 is 15.8 Å². The molecule has 0 saturated heterocycles. The summed E-state index contributed by atoms with van der Waals surface area (Å²) in [4.78, 5) is 28.4. The van der Waals surface area contributed by atoms with Crippen molar-refractivity contribution in [2.24, 2.45) is 4.99 Å². The third-order valence-electron chi connectivity index (χ3n) is 4.40. The van der Waals surface area contributed by atoms with Gasteiger partial charge in [0.25, 0.3) is 10.0 Å². The van der Waals surface area contributed by atoms with Crippen LogP contribution in [0.2, 0.25) is 0 Å². The van der Waals surface area contributed by atoms with E-state index >= 15 is 0 Å². The van der Waals surface area contributed by atoms with Crippen LogP contribution in [0.3, 0.4) is 0 Å². The molecule has 3 aromatic rings. The maximum absolute atomic E-state index is 12.1. The summed E-state index contributed by atoms with van der Waals surface area (Å²) in [7, 11) is -3.68. The highest BCUT2D eigenvalue weighted by molar-refractivity contribution is 7.90. The summed E-state index contributed by atoms with van der Waals surface area (Å²) in [6.07, 6.45) is 0. The van der Waals surface area contributed by atoms with E-state index in [-0.39, 0.29) is 41.6 Å². The standard InChI is InChI=1S/C20H19N7O4S/c1-12-6-8-13(9-7-12)23-20-25-16(24-19(21)26-20)11-31-17(28)10-22-18-14-4-2-3-5-15(14)32(29,30)27-18/h2-9H,10-11H2,1H3,(H,22,27)(H3,21,23,24,25,26). The predicted molar refractivity (Wildman–Crippen MR) is 117 cm³/mol. The molecule has 164 valence electrons. The summed E-state index contributed by atoms with van der Waals surface area (Å²) in [6, 6.07) is 14.0. The molecule has 11 nitrogen and oxygen atoms in total. The van der Waals surface area contributed by atoms with Gasteiger partial charge in [-0.3, -0.25) is 14.5 Å². The van der Waals surface area contributed by atoms with Crippen molar-refractivity contribution in [1.29, 1.82) is 0 Å². The van der Waals surface area contributed by atoms with Crippen LogP contribution in [-0.4, -0.2) is 41.7 Å². The van der Waals surface area contributed by atoms with E-state index in [0.717, 1.165) is 11.3 Å². The van der Waals surface area contributed by atoms with E-state index in [9.17, 15) is 13.2 Å². The molecule has 1 aliphatic heterocycles. The Morgan fingerprint density at radius 1 is 1.12 bits per heavy atom. The number of hydrogen-bond donors (Lipinski definition) is 3. The van der Waals surface area contributed by atoms with Gasteiger partial charge in [-0.2, -0.15) is 15.0 Å². The molecular weight excluding hydrogens is 434 g/mol. The maximum atomic E-state index is 12.1. The summed E-state index contributed by atoms with van der Waals surface area (Å²) in [5, 5.41) is 3.01. The molecule has 4 rings (SSSR count). The lowest BCUT2D eigenvalue weighted by molar-refractivity contribution is -0.143. The Morgan fingerprint density at radius 2 is 1.88 bits per heavy atom. The molecule has 0 unspecified atom stereocenters. The number of carbonyl (C=O) groups is 1. The van der Waals surface area contributed by atoms with Crippen molar-refractivity contribution >= 4 is 39.4 Å². The number of rotatable bonds is 6. The number of amidine groups is 1. The summed E-state index contributed by atoms with van der Waals surface area (Å²) < 4.78 is 31.6. The topological polar surface area (TPSA) is 162 Å². The Morgan fingerprint density at radius 3 is 2.66 bits per heavy atom. The maximum Gasteiger partial charge on any atom is 0.328 e. The minimum absolute atomic E-state index is 0.0297. The molecule has 1 aromatic heterocycles. The van der Waals surface area contributed by atoms with Crippen molar-refractivity contribution in [2.75, 3.05) is 17.6 Å². The van der Waals surface area contributed by atoms with Crippen LogP contribution in [0.1, 0.15) is 17.0 Å². The van der Waals surface area contributed by atoms with E-state index in [1.54, 1.807) is 18.2 Å². The molecule has 0 atom stereocenters. The number of hydrogen-bond acceptors (Lipinski definition) is 10. The SMILES string of the molecule is Cc1ccc(Nc2nc(N)nc(COC(=O)CN=C3NS(=O)(=O)c4ccccc43)n2)cc1. The van der Waals surface area contributed by atoms with Gasteiger partial charge in [0.05, 0.1) is 4.90 Å². The number of nitrogens with one attached hydrogen (secondary N) is 2. The van der Waals surface area contributed by atoms with Crippen LogP contribution in [0.25, 0.3) is 0 Å². The van der Waals surface area contributed by atoms with Crippen LogP contribution in [0, 0.1) is 6.92 Å². The Bertz CT molecular complexity index is 1310. The number of anilines is 3. The summed E-state index contributed by atoms with van der Waals surface area (Å²) >= 11 is 0. The lowest BCUT2D eigenvalue weighted by Gasteiger charge is -2.08. The van der Waals surface area contributed by atoms with Crippen LogP contribution in [0.4, 0.5) is 17.6 Å². The first-order chi connectivity index (χ1) is 15.3. The molecule has 1 aliphatic rings. The minimum atomic E-state index is -3.68. The number of esters is 1. The highest BCUT2D eigenvalue weighted by Crippen LogP contribution is 2.22. The van der Waals surface area contributed by atoms with Crippen molar-refractivity contribution in [3.05, 3.63) is 65.5 Å². The highest BCUT2D eigenvalue weighted by Gasteiger charge is 2.30. The molecular formula is C20H19N7O4S. The fourth-order valence-corrected chi connectivity index (χ4v) is 4.16. The zero-order valence-corrected chi connectivity index (χ0v) is 17.8. The molecule has 4 N–H and O–H groups in total. The van der Waals surface area contributed by atoms with Crippen LogP contribution in [0.15, 0.2) is 58.4 Å². The van der Waals surface area contributed by atoms with Gasteiger partial charge in [-0.25, -0.2) is 8.42 Å². The minimum Gasteiger partial charge on any atom is -0.456 e. The van der Waals surface area contributed by atoms with Gasteiger partial charge in [-0.05, 0) is 31.2 Å². The Balaban J connectivity index is 1.39. The van der Waals surface area contributed by atoms with Gasteiger partial charge in [0.15, 0.2) is 12.4 Å². The molecule has 0 saturated carbocycles. The van der Waals surface area contributed by atoms with Crippen LogP contribution in [0.5, 0.6) is 0 Å². The monoisotopic (exact) mass is 453 g/mol. The zero-order valence-electron chi connectivity index (χ0n) is 16.9. The number of fused-ring (bicyclic) bond motifs is 1. The number of aromatic nitrogens is 3. The first-order valence-corrected chi connectivity index (χ1v) is 10.9. The largest absolute Gasteiger partial charge is 0.456 e. The first kappa shape index (κ1) is 21.2. The number of benzene rings is 2. The van der Waals surface area contributed by atoms with E-state index in [1.807, 2.05) is 31.2 Å². The second-order valence-electron chi connectivity index (χ2n) is 6.85. The number of sulfonamides is 1. The normalized spacial score (nSPS) is 15.1. The quantitative estimate of drug-likeness (QED) is 0.467. The van der Waals surface area contributed by atoms with E-state index in [1.165, 1.54) is 6.07 Å². The first-order valence-electron chi connectivity index (χ1n) is 9.46. The van der Waals surface area contributed by atoms with E-state index < -0.39 is 16.0 Å². The molecule has 32 heavy (non-hydrogen) atoms. The van der Waals surface area contributed by atoms with Gasteiger partial charge in [-0.1, -0.05) is 29.8 Å². The number of ether oxygens (including phenoxy) is 1. The molecule has 0 bridgehead atoms. The Hall–Kier alpha value is -4.06. The molecule has 0 fully saturated rings. The number of carbonyl (C=O) groups excluding carboxylic acids is 1. The number of aliphatic imine (C=N–C) groups is 1. The average molecular weight is 453 g/mol. The van der Waals surface area contributed by atoms with E-state index in [0.29, 0.717) is 5.56 Å². The third kappa shape index (κ3) is 4.81. The van der Waals surface area contributed by atoms with Crippen molar-refractivity contribution < 1.29 is 17.9 Å². The third-order valence-corrected chi connectivity index (χ3v) is 5.80. The lowest BCUT2D eigenvalue weighted by atomic mass is 10.2. The van der Waals surface area contributed by atoms with Crippen LogP contribution in [-0.2, 0) is 26.2 Å². The second kappa shape index (κ2) is 8.59. The lowest BCUT2D eigenvalue weighted by Crippen LogP contribution is -2.23. The molecule has 0 aliphatic carbocycles. The van der Waals surface area contributed by atoms with Gasteiger partial charge in [-0.15, -0.1) is 0 Å². The fourth-order valence-electron chi connectivity index (χ4n) is 2.91. The number of nitrogen functional groups attached to an aromatic ring is 1. The van der Waals surface area contributed by atoms with E-state index in [2.05, 4.69) is 30.0 Å². The van der Waals surface area contributed by atoms with Crippen molar-refractivity contribution in [3.63, 3.8) is 0 Å². The zero-order chi connectivity index (χ0) is 22.7. The fraction of sp³-hybridized carbons (Fsp3) is 0.150. The molecule has 2 aromatic carbocycles. The van der Waals surface area contributed by atoms with Crippen molar-refractivity contribution in [2.45, 2.75) is 18.4 Å². The van der Waals surface area contributed by atoms with Gasteiger partial charge in [0, 0.05) is 11.3 Å². The molecule has 0 radical (unpaired) electrons. The molecule has 0 amide bonds. The molecule has 12 heteroatoms. The predicted octanol–water partition coefficient (Wildman–Crippen LogP) is 1.29. The van der Waals surface area contributed by atoms with Gasteiger partial charge < -0.3 is 15.8 Å². The van der Waals surface area contributed by atoms with Gasteiger partial charge >= 0.3 is 5.97 Å². The van der Waals surface area contributed by atoms with Crippen molar-refractivity contribution in [1.82, 2.24) is 19.7 Å². The summed E-state index contributed by atoms with van der Waals surface area (Å²) in [5.74, 6) is -0.262. The second-order valence-corrected chi connectivity index (χ2v) is 8.50. The molecule has 0 spiro atoms. The van der Waals surface area contributed by atoms with Gasteiger partial charge in [0.1, 0.15) is 12.4 Å². The number of nitrogens with two attached hydrogens (primary N) is 1. The number of aryl methyl sites for hydroxylation is 1. The summed E-state index contributed by atoms with van der Waals surface area (Å²) in [5.41, 5.74) is 8.00. The highest BCUT2D eigenvalue weighted by atomic mass is 32.2. The Kier molecular flexibility index (Phi) is 5.69.